The van der Waals surface area contributed by atoms with E-state index >= 15 is 0 Å². The van der Waals surface area contributed by atoms with Crippen LogP contribution in [0.5, 0.6) is 17.2 Å². The minimum Gasteiger partial charge on any atom is -0.508 e. The van der Waals surface area contributed by atoms with Crippen molar-refractivity contribution in [2.75, 3.05) is 7.11 Å². The van der Waals surface area contributed by atoms with Gasteiger partial charge in [-0.3, -0.25) is 0 Å². The molecule has 0 aliphatic heterocycles. The smallest absolute Gasteiger partial charge is 0.122 e. The maximum Gasteiger partial charge on any atom is 0.122 e. The van der Waals surface area contributed by atoms with Crippen LogP contribution in [0.25, 0.3) is 0 Å². The molecule has 0 aromatic heterocycles. The van der Waals surface area contributed by atoms with Crippen molar-refractivity contribution >= 4 is 0 Å². The number of benzene rings is 3. The minimum atomic E-state index is -0.0132. The van der Waals surface area contributed by atoms with Gasteiger partial charge in [0.15, 0.2) is 0 Å². The second-order valence-corrected chi connectivity index (χ2v) is 5.85. The molecule has 0 atom stereocenters. The third-order valence-electron chi connectivity index (χ3n) is 4.22. The number of aryl methyl sites for hydroxylation is 1. The summed E-state index contributed by atoms with van der Waals surface area (Å²) < 4.78 is 5.47. The van der Waals surface area contributed by atoms with Crippen molar-refractivity contribution < 1.29 is 14.9 Å². The van der Waals surface area contributed by atoms with Crippen molar-refractivity contribution in [1.82, 2.24) is 0 Å². The van der Waals surface area contributed by atoms with Crippen LogP contribution in [0.3, 0.4) is 0 Å². The summed E-state index contributed by atoms with van der Waals surface area (Å²) in [6.45, 7) is 2.01. The van der Waals surface area contributed by atoms with Gasteiger partial charge in [0.05, 0.1) is 7.11 Å². The molecule has 0 radical (unpaired) electrons. The van der Waals surface area contributed by atoms with Crippen molar-refractivity contribution in [2.24, 2.45) is 0 Å². The summed E-state index contributed by atoms with van der Waals surface area (Å²) in [7, 11) is 1.67. The first-order chi connectivity index (χ1) is 11.6. The van der Waals surface area contributed by atoms with Gasteiger partial charge in [-0.1, -0.05) is 36.4 Å². The van der Waals surface area contributed by atoms with E-state index in [4.69, 9.17) is 4.74 Å². The number of hydrogen-bond acceptors (Lipinski definition) is 3. The molecular formula is C21H20O3. The molecule has 0 amide bonds. The number of ether oxygens (including phenoxy) is 1. The van der Waals surface area contributed by atoms with E-state index in [1.54, 1.807) is 31.4 Å². The summed E-state index contributed by atoms with van der Waals surface area (Å²) in [5.74, 6) is 1.31. The average molecular weight is 320 g/mol. The highest BCUT2D eigenvalue weighted by Crippen LogP contribution is 2.35. The molecule has 3 aromatic rings. The molecule has 0 bridgehead atoms. The van der Waals surface area contributed by atoms with Gasteiger partial charge in [-0.05, 0) is 59.5 Å². The van der Waals surface area contributed by atoms with Crippen molar-refractivity contribution in [3.63, 3.8) is 0 Å². The zero-order chi connectivity index (χ0) is 17.1. The van der Waals surface area contributed by atoms with Gasteiger partial charge >= 0.3 is 0 Å². The van der Waals surface area contributed by atoms with Gasteiger partial charge in [0, 0.05) is 5.92 Å². The highest BCUT2D eigenvalue weighted by atomic mass is 16.5. The molecule has 0 saturated carbocycles. The molecule has 24 heavy (non-hydrogen) atoms. The Labute approximate surface area is 141 Å². The van der Waals surface area contributed by atoms with Gasteiger partial charge in [0.1, 0.15) is 17.2 Å². The average Bonchev–Trinajstić information content (AvgIpc) is 2.60. The number of hydrogen-bond donors (Lipinski definition) is 2. The van der Waals surface area contributed by atoms with Crippen molar-refractivity contribution in [2.45, 2.75) is 12.8 Å². The molecule has 3 aromatic carbocycles. The minimum absolute atomic E-state index is 0.0132. The van der Waals surface area contributed by atoms with Crippen LogP contribution in [-0.4, -0.2) is 17.3 Å². The van der Waals surface area contributed by atoms with Gasteiger partial charge in [0.25, 0.3) is 0 Å². The van der Waals surface area contributed by atoms with Gasteiger partial charge in [-0.2, -0.15) is 0 Å². The Bertz CT molecular complexity index is 775. The van der Waals surface area contributed by atoms with Crippen LogP contribution in [0.1, 0.15) is 28.2 Å². The van der Waals surface area contributed by atoms with Crippen molar-refractivity contribution in [1.29, 1.82) is 0 Å². The van der Waals surface area contributed by atoms with Gasteiger partial charge in [-0.15, -0.1) is 0 Å². The summed E-state index contributed by atoms with van der Waals surface area (Å²) in [5, 5.41) is 19.2. The fraction of sp³-hybridized carbons (Fsp3) is 0.143. The lowest BCUT2D eigenvalue weighted by Crippen LogP contribution is -2.04. The lowest BCUT2D eigenvalue weighted by atomic mass is 9.84. The van der Waals surface area contributed by atoms with E-state index in [0.29, 0.717) is 0 Å². The molecule has 3 nitrogen and oxygen atoms in total. The van der Waals surface area contributed by atoms with Gasteiger partial charge in [-0.25, -0.2) is 0 Å². The molecule has 0 heterocycles. The molecule has 0 spiro atoms. The Morgan fingerprint density at radius 2 is 1.17 bits per heavy atom. The Balaban J connectivity index is 2.14. The topological polar surface area (TPSA) is 49.7 Å². The zero-order valence-corrected chi connectivity index (χ0v) is 13.7. The first-order valence-electron chi connectivity index (χ1n) is 7.81. The summed E-state index contributed by atoms with van der Waals surface area (Å²) in [4.78, 5) is 0. The van der Waals surface area contributed by atoms with Crippen LogP contribution in [0.4, 0.5) is 0 Å². The third kappa shape index (κ3) is 3.20. The van der Waals surface area contributed by atoms with Crippen LogP contribution < -0.4 is 4.74 Å². The SMILES string of the molecule is COc1cc(C(c2ccc(O)cc2)c2ccc(O)cc2)ccc1C. The van der Waals surface area contributed by atoms with Crippen molar-refractivity contribution in [3.05, 3.63) is 89.0 Å². The normalized spacial score (nSPS) is 10.8. The third-order valence-corrected chi connectivity index (χ3v) is 4.22. The lowest BCUT2D eigenvalue weighted by Gasteiger charge is -2.20. The summed E-state index contributed by atoms with van der Waals surface area (Å²) in [6, 6.07) is 20.6. The van der Waals surface area contributed by atoms with Crippen LogP contribution >= 0.6 is 0 Å². The fourth-order valence-corrected chi connectivity index (χ4v) is 2.93. The van der Waals surface area contributed by atoms with E-state index in [9.17, 15) is 10.2 Å². The largest absolute Gasteiger partial charge is 0.508 e. The monoisotopic (exact) mass is 320 g/mol. The number of rotatable bonds is 4. The molecule has 3 heteroatoms. The summed E-state index contributed by atoms with van der Waals surface area (Å²) in [5.41, 5.74) is 4.29. The zero-order valence-electron chi connectivity index (χ0n) is 13.7. The lowest BCUT2D eigenvalue weighted by molar-refractivity contribution is 0.411. The fourth-order valence-electron chi connectivity index (χ4n) is 2.93. The number of aromatic hydroxyl groups is 2. The first-order valence-corrected chi connectivity index (χ1v) is 7.81. The Kier molecular flexibility index (Phi) is 4.43. The Hall–Kier alpha value is -2.94. The maximum absolute atomic E-state index is 9.58. The number of phenolic OH excluding ortho intramolecular Hbond substituents is 2. The van der Waals surface area contributed by atoms with Gasteiger partial charge in [0.2, 0.25) is 0 Å². The van der Waals surface area contributed by atoms with Gasteiger partial charge < -0.3 is 14.9 Å². The molecule has 0 fully saturated rings. The number of methoxy groups -OCH3 is 1. The highest BCUT2D eigenvalue weighted by molar-refractivity contribution is 5.48. The van der Waals surface area contributed by atoms with E-state index in [1.807, 2.05) is 43.3 Å². The Morgan fingerprint density at radius 1 is 0.708 bits per heavy atom. The molecule has 3 rings (SSSR count). The second kappa shape index (κ2) is 6.67. The molecular weight excluding hydrogens is 300 g/mol. The molecule has 0 aliphatic rings. The molecule has 0 aliphatic carbocycles. The van der Waals surface area contributed by atoms with Crippen molar-refractivity contribution in [3.8, 4) is 17.2 Å². The molecule has 2 N–H and O–H groups in total. The number of phenols is 2. The first kappa shape index (κ1) is 15.9. The van der Waals surface area contributed by atoms with E-state index in [2.05, 4.69) is 6.07 Å². The van der Waals surface area contributed by atoms with E-state index < -0.39 is 0 Å². The second-order valence-electron chi connectivity index (χ2n) is 5.85. The molecule has 122 valence electrons. The van der Waals surface area contributed by atoms with Crippen LogP contribution in [0.2, 0.25) is 0 Å². The maximum atomic E-state index is 9.58. The highest BCUT2D eigenvalue weighted by Gasteiger charge is 2.18. The molecule has 0 unspecified atom stereocenters. The van der Waals surface area contributed by atoms with E-state index in [1.165, 1.54) is 0 Å². The predicted octanol–water partition coefficient (Wildman–Crippen LogP) is 4.60. The van der Waals surface area contributed by atoms with Crippen LogP contribution in [-0.2, 0) is 0 Å². The molecule has 0 saturated heterocycles. The Morgan fingerprint density at radius 3 is 1.62 bits per heavy atom. The summed E-state index contributed by atoms with van der Waals surface area (Å²) in [6.07, 6.45) is 0. The quantitative estimate of drug-likeness (QED) is 0.691. The predicted molar refractivity (Wildman–Crippen MR) is 94.9 cm³/mol. The van der Waals surface area contributed by atoms with E-state index in [0.717, 1.165) is 28.0 Å². The summed E-state index contributed by atoms with van der Waals surface area (Å²) >= 11 is 0. The van der Waals surface area contributed by atoms with E-state index in [-0.39, 0.29) is 17.4 Å². The van der Waals surface area contributed by atoms with Crippen LogP contribution in [0.15, 0.2) is 66.7 Å². The van der Waals surface area contributed by atoms with Crippen LogP contribution in [0, 0.1) is 6.92 Å². The standard InChI is InChI=1S/C21H20O3/c1-14-3-4-17(13-20(14)24-2)21(15-5-9-18(22)10-6-15)16-7-11-19(23)12-8-16/h3-13,21-23H,1-2H3.